The predicted octanol–water partition coefficient (Wildman–Crippen LogP) is 5.07. The Balaban J connectivity index is 5.38. The molecule has 0 aromatic heterocycles. The summed E-state index contributed by atoms with van der Waals surface area (Å²) in [7, 11) is 0. The van der Waals surface area contributed by atoms with E-state index in [0.717, 1.165) is 12.2 Å². The van der Waals surface area contributed by atoms with Gasteiger partial charge in [-0.1, -0.05) is 66.5 Å². The van der Waals surface area contributed by atoms with E-state index in [1.54, 1.807) is 0 Å². The lowest BCUT2D eigenvalue weighted by atomic mass is 9.65. The molecule has 0 heterocycles. The summed E-state index contributed by atoms with van der Waals surface area (Å²) in [5.41, 5.74) is 8.44. The first-order chi connectivity index (χ1) is 8.55. The van der Waals surface area contributed by atoms with Gasteiger partial charge in [0.15, 0.2) is 0 Å². The second-order valence-electron chi connectivity index (χ2n) is 7.80. The Bertz CT molecular complexity index is 281. The Hall–Kier alpha value is 0.0500. The van der Waals surface area contributed by atoms with E-state index in [1.165, 1.54) is 18.4 Å². The average molecular weight is 286 g/mol. The standard InChI is InChI=1S/C17H35NS/c1-8-9-10-13(11-12-19)14(16(2,3)4)15(18)17(5,6)7/h11,14-15,19H,8-10,12,18H2,1-7H3/b13-11-. The highest BCUT2D eigenvalue weighted by atomic mass is 32.1. The van der Waals surface area contributed by atoms with Gasteiger partial charge in [-0.25, -0.2) is 0 Å². The predicted molar refractivity (Wildman–Crippen MR) is 91.8 cm³/mol. The van der Waals surface area contributed by atoms with Gasteiger partial charge in [-0.2, -0.15) is 12.6 Å². The zero-order valence-corrected chi connectivity index (χ0v) is 15.0. The van der Waals surface area contributed by atoms with E-state index in [9.17, 15) is 0 Å². The molecule has 0 amide bonds. The Kier molecular flexibility index (Phi) is 7.75. The Morgan fingerprint density at radius 1 is 1.11 bits per heavy atom. The van der Waals surface area contributed by atoms with Crippen molar-refractivity contribution in [1.29, 1.82) is 0 Å². The first-order valence-corrected chi connectivity index (χ1v) is 8.24. The fourth-order valence-corrected chi connectivity index (χ4v) is 2.94. The van der Waals surface area contributed by atoms with Gasteiger partial charge in [0, 0.05) is 17.7 Å². The maximum atomic E-state index is 6.62. The molecular formula is C17H35NS. The fraction of sp³-hybridized carbons (Fsp3) is 0.882. The zero-order chi connectivity index (χ0) is 15.3. The van der Waals surface area contributed by atoms with Crippen molar-refractivity contribution in [2.75, 3.05) is 5.75 Å². The van der Waals surface area contributed by atoms with Crippen molar-refractivity contribution < 1.29 is 0 Å². The molecule has 1 nitrogen and oxygen atoms in total. The number of hydrogen-bond donors (Lipinski definition) is 2. The summed E-state index contributed by atoms with van der Waals surface area (Å²) < 4.78 is 0. The number of nitrogens with two attached hydrogens (primary N) is 1. The molecule has 0 aromatic rings. The molecule has 0 radical (unpaired) electrons. The number of unbranched alkanes of at least 4 members (excludes halogenated alkanes) is 1. The molecule has 0 aromatic carbocycles. The molecule has 0 fully saturated rings. The van der Waals surface area contributed by atoms with E-state index >= 15 is 0 Å². The van der Waals surface area contributed by atoms with E-state index in [2.05, 4.69) is 67.2 Å². The maximum Gasteiger partial charge on any atom is 0.0159 e. The van der Waals surface area contributed by atoms with Crippen molar-refractivity contribution in [2.24, 2.45) is 22.5 Å². The highest BCUT2D eigenvalue weighted by Crippen LogP contribution is 2.41. The molecule has 0 rings (SSSR count). The number of thiol groups is 1. The van der Waals surface area contributed by atoms with E-state index in [-0.39, 0.29) is 16.9 Å². The third-order valence-corrected chi connectivity index (χ3v) is 4.05. The summed E-state index contributed by atoms with van der Waals surface area (Å²) in [6.45, 7) is 15.9. The maximum absolute atomic E-state index is 6.62. The molecule has 2 atom stereocenters. The van der Waals surface area contributed by atoms with Crippen LogP contribution in [0.5, 0.6) is 0 Å². The van der Waals surface area contributed by atoms with E-state index < -0.39 is 0 Å². The normalized spacial score (nSPS) is 17.4. The lowest BCUT2D eigenvalue weighted by molar-refractivity contribution is 0.155. The minimum Gasteiger partial charge on any atom is -0.327 e. The van der Waals surface area contributed by atoms with Crippen LogP contribution in [0.4, 0.5) is 0 Å². The zero-order valence-electron chi connectivity index (χ0n) is 14.1. The molecule has 0 saturated heterocycles. The third-order valence-electron chi connectivity index (χ3n) is 3.86. The SMILES string of the molecule is CCCC/C(=C/CS)C(C(N)C(C)(C)C)C(C)(C)C. The summed E-state index contributed by atoms with van der Waals surface area (Å²) in [6.07, 6.45) is 5.91. The van der Waals surface area contributed by atoms with Gasteiger partial charge < -0.3 is 5.73 Å². The average Bonchev–Trinajstić information content (AvgIpc) is 2.22. The second kappa shape index (κ2) is 7.73. The van der Waals surface area contributed by atoms with Crippen LogP contribution in [0.25, 0.3) is 0 Å². The first-order valence-electron chi connectivity index (χ1n) is 7.61. The molecule has 0 saturated carbocycles. The van der Waals surface area contributed by atoms with Gasteiger partial charge in [0.1, 0.15) is 0 Å². The van der Waals surface area contributed by atoms with Gasteiger partial charge in [0.25, 0.3) is 0 Å². The quantitative estimate of drug-likeness (QED) is 0.517. The molecule has 0 bridgehead atoms. The monoisotopic (exact) mass is 285 g/mol. The minimum atomic E-state index is 0.125. The van der Waals surface area contributed by atoms with E-state index in [4.69, 9.17) is 5.73 Å². The van der Waals surface area contributed by atoms with Crippen LogP contribution in [0.1, 0.15) is 67.7 Å². The fourth-order valence-electron chi connectivity index (χ4n) is 2.71. The topological polar surface area (TPSA) is 26.0 Å². The van der Waals surface area contributed by atoms with Crippen molar-refractivity contribution >= 4 is 12.6 Å². The molecule has 19 heavy (non-hydrogen) atoms. The summed E-state index contributed by atoms with van der Waals surface area (Å²) in [4.78, 5) is 0. The number of rotatable bonds is 6. The highest BCUT2D eigenvalue weighted by molar-refractivity contribution is 7.80. The second-order valence-corrected chi connectivity index (χ2v) is 8.17. The Labute approximate surface area is 126 Å². The summed E-state index contributed by atoms with van der Waals surface area (Å²) in [6, 6.07) is 0.176. The largest absolute Gasteiger partial charge is 0.327 e. The third kappa shape index (κ3) is 6.35. The molecule has 0 aliphatic rings. The van der Waals surface area contributed by atoms with Crippen LogP contribution in [0, 0.1) is 16.7 Å². The van der Waals surface area contributed by atoms with Gasteiger partial charge in [0.05, 0.1) is 0 Å². The first kappa shape index (κ1) is 19.1. The van der Waals surface area contributed by atoms with Crippen LogP contribution >= 0.6 is 12.6 Å². The summed E-state index contributed by atoms with van der Waals surface area (Å²) in [5.74, 6) is 1.23. The molecular weight excluding hydrogens is 250 g/mol. The van der Waals surface area contributed by atoms with Gasteiger partial charge >= 0.3 is 0 Å². The molecule has 0 aliphatic carbocycles. The van der Waals surface area contributed by atoms with Crippen LogP contribution in [0.3, 0.4) is 0 Å². The van der Waals surface area contributed by atoms with Gasteiger partial charge in [-0.05, 0) is 23.7 Å². The molecule has 0 spiro atoms. The molecule has 2 unspecified atom stereocenters. The minimum absolute atomic E-state index is 0.125. The molecule has 114 valence electrons. The van der Waals surface area contributed by atoms with Crippen molar-refractivity contribution in [3.63, 3.8) is 0 Å². The van der Waals surface area contributed by atoms with Gasteiger partial charge in [-0.3, -0.25) is 0 Å². The van der Waals surface area contributed by atoms with Crippen LogP contribution in [0.15, 0.2) is 11.6 Å². The van der Waals surface area contributed by atoms with Crippen molar-refractivity contribution in [1.82, 2.24) is 0 Å². The van der Waals surface area contributed by atoms with Crippen molar-refractivity contribution in [3.05, 3.63) is 11.6 Å². The highest BCUT2D eigenvalue weighted by Gasteiger charge is 2.38. The van der Waals surface area contributed by atoms with Crippen molar-refractivity contribution in [2.45, 2.75) is 73.8 Å². The Morgan fingerprint density at radius 3 is 1.95 bits per heavy atom. The number of hydrogen-bond acceptors (Lipinski definition) is 2. The smallest absolute Gasteiger partial charge is 0.0159 e. The van der Waals surface area contributed by atoms with Gasteiger partial charge in [0.2, 0.25) is 0 Å². The van der Waals surface area contributed by atoms with Crippen LogP contribution in [-0.4, -0.2) is 11.8 Å². The molecule has 2 N–H and O–H groups in total. The van der Waals surface area contributed by atoms with Crippen LogP contribution in [0.2, 0.25) is 0 Å². The van der Waals surface area contributed by atoms with Crippen LogP contribution in [-0.2, 0) is 0 Å². The van der Waals surface area contributed by atoms with E-state index in [1.807, 2.05) is 0 Å². The Morgan fingerprint density at radius 2 is 1.63 bits per heavy atom. The molecule has 2 heteroatoms. The summed E-state index contributed by atoms with van der Waals surface area (Å²) in [5, 5.41) is 0. The van der Waals surface area contributed by atoms with Gasteiger partial charge in [-0.15, -0.1) is 0 Å². The lowest BCUT2D eigenvalue weighted by Gasteiger charge is -2.43. The lowest BCUT2D eigenvalue weighted by Crippen LogP contribution is -2.47. The van der Waals surface area contributed by atoms with Crippen molar-refractivity contribution in [3.8, 4) is 0 Å². The van der Waals surface area contributed by atoms with E-state index in [0.29, 0.717) is 5.92 Å². The molecule has 0 aliphatic heterocycles. The summed E-state index contributed by atoms with van der Waals surface area (Å²) >= 11 is 4.40. The van der Waals surface area contributed by atoms with Crippen LogP contribution < -0.4 is 5.73 Å².